The highest BCUT2D eigenvalue weighted by Gasteiger charge is 2.40. The molecule has 2 fully saturated rings. The quantitative estimate of drug-likeness (QED) is 0.371. The van der Waals surface area contributed by atoms with Gasteiger partial charge in [-0.2, -0.15) is 0 Å². The van der Waals surface area contributed by atoms with Crippen LogP contribution in [0.2, 0.25) is 0 Å². The van der Waals surface area contributed by atoms with E-state index in [0.29, 0.717) is 18.8 Å². The monoisotopic (exact) mass is 279 g/mol. The van der Waals surface area contributed by atoms with Gasteiger partial charge in [0.15, 0.2) is 11.5 Å². The number of fused-ring (bicyclic) bond motifs is 1. The van der Waals surface area contributed by atoms with Gasteiger partial charge in [-0.3, -0.25) is 19.9 Å². The molecule has 0 spiro atoms. The maximum atomic E-state index is 11.7. The number of hydrazine groups is 1. The van der Waals surface area contributed by atoms with Gasteiger partial charge < -0.3 is 9.84 Å². The number of rotatable bonds is 3. The molecule has 0 aliphatic carbocycles. The molecule has 2 aliphatic heterocycles. The summed E-state index contributed by atoms with van der Waals surface area (Å²) in [5, 5.41) is 6.58. The van der Waals surface area contributed by atoms with E-state index in [1.54, 1.807) is 6.07 Å². The number of hydrogen-bond donors (Lipinski definition) is 3. The molecule has 3 rings (SSSR count). The number of piperidine rings is 1. The maximum absolute atomic E-state index is 11.7. The number of nitrogens with zero attached hydrogens (tertiary/aromatic N) is 2. The molecule has 0 aromatic carbocycles. The molecule has 3 heterocycles. The van der Waals surface area contributed by atoms with Crippen LogP contribution >= 0.6 is 0 Å². The van der Waals surface area contributed by atoms with Crippen LogP contribution in [0.1, 0.15) is 29.1 Å². The molecular weight excluding hydrogens is 262 g/mol. The van der Waals surface area contributed by atoms with Crippen molar-refractivity contribution in [2.24, 2.45) is 11.8 Å². The molecule has 2 amide bonds. The van der Waals surface area contributed by atoms with Crippen LogP contribution in [0.15, 0.2) is 10.6 Å². The molecule has 0 radical (unpaired) electrons. The van der Waals surface area contributed by atoms with Crippen LogP contribution in [0.3, 0.4) is 0 Å². The van der Waals surface area contributed by atoms with Crippen LogP contribution in [0.5, 0.6) is 0 Å². The van der Waals surface area contributed by atoms with Crippen molar-refractivity contribution >= 4 is 11.8 Å². The summed E-state index contributed by atoms with van der Waals surface area (Å²) >= 11 is 0. The van der Waals surface area contributed by atoms with Gasteiger partial charge in [0.05, 0.1) is 12.5 Å². The largest absolute Gasteiger partial charge is 0.359 e. The fraction of sp³-hybridized carbons (Fsp3) is 0.583. The second-order valence-electron chi connectivity index (χ2n) is 5.18. The third-order valence-corrected chi connectivity index (χ3v) is 4.00. The summed E-state index contributed by atoms with van der Waals surface area (Å²) in [5.74, 6) is 5.38. The second-order valence-corrected chi connectivity index (χ2v) is 5.18. The third kappa shape index (κ3) is 2.27. The Hall–Kier alpha value is -1.93. The Morgan fingerprint density at radius 2 is 2.50 bits per heavy atom. The minimum atomic E-state index is -0.478. The van der Waals surface area contributed by atoms with Crippen molar-refractivity contribution in [2.75, 3.05) is 13.1 Å². The summed E-state index contributed by atoms with van der Waals surface area (Å²) in [5.41, 5.74) is 2.17. The summed E-state index contributed by atoms with van der Waals surface area (Å²) in [6, 6.07) is 1.78. The van der Waals surface area contributed by atoms with Gasteiger partial charge in [-0.05, 0) is 19.4 Å². The SMILES string of the molecule is NNC(=O)c1cc(CN2CCCC3C(=O)NCC32)on1. The zero-order valence-corrected chi connectivity index (χ0v) is 11.0. The van der Waals surface area contributed by atoms with Crippen LogP contribution < -0.4 is 16.6 Å². The molecule has 2 unspecified atom stereocenters. The van der Waals surface area contributed by atoms with Crippen molar-refractivity contribution in [3.05, 3.63) is 17.5 Å². The molecular formula is C12H17N5O3. The first-order valence-corrected chi connectivity index (χ1v) is 6.67. The topological polar surface area (TPSA) is 113 Å². The van der Waals surface area contributed by atoms with E-state index in [2.05, 4.69) is 15.4 Å². The average molecular weight is 279 g/mol. The Labute approximate surface area is 115 Å². The van der Waals surface area contributed by atoms with Gasteiger partial charge >= 0.3 is 0 Å². The van der Waals surface area contributed by atoms with E-state index in [4.69, 9.17) is 10.4 Å². The standard InChI is InChI=1S/C12H17N5O3/c13-15-12(19)9-4-7(20-16-9)6-17-3-1-2-8-10(17)5-14-11(8)18/h4,8,10H,1-3,5-6,13H2,(H,14,18)(H,15,19). The van der Waals surface area contributed by atoms with Crippen LogP contribution in [0.25, 0.3) is 0 Å². The number of nitrogens with one attached hydrogen (secondary N) is 2. The van der Waals surface area contributed by atoms with Crippen LogP contribution in [0, 0.1) is 5.92 Å². The number of likely N-dealkylation sites (tertiary alicyclic amines) is 1. The third-order valence-electron chi connectivity index (χ3n) is 4.00. The van der Waals surface area contributed by atoms with Gasteiger partial charge in [0, 0.05) is 18.7 Å². The number of carbonyl (C=O) groups is 2. The number of hydrogen-bond acceptors (Lipinski definition) is 6. The van der Waals surface area contributed by atoms with E-state index >= 15 is 0 Å². The first-order valence-electron chi connectivity index (χ1n) is 6.67. The molecule has 20 heavy (non-hydrogen) atoms. The Kier molecular flexibility index (Phi) is 3.41. The summed E-state index contributed by atoms with van der Waals surface area (Å²) < 4.78 is 5.15. The summed E-state index contributed by atoms with van der Waals surface area (Å²) in [6.07, 6.45) is 1.92. The number of nitrogens with two attached hydrogens (primary N) is 1. The van der Waals surface area contributed by atoms with Gasteiger partial charge in [-0.15, -0.1) is 0 Å². The van der Waals surface area contributed by atoms with E-state index in [0.717, 1.165) is 19.4 Å². The number of aromatic nitrogens is 1. The highest BCUT2D eigenvalue weighted by molar-refractivity contribution is 5.91. The fourth-order valence-corrected chi connectivity index (χ4v) is 3.01. The van der Waals surface area contributed by atoms with E-state index in [1.165, 1.54) is 0 Å². The van der Waals surface area contributed by atoms with Crippen LogP contribution in [-0.4, -0.2) is 41.0 Å². The Bertz CT molecular complexity index is 529. The minimum absolute atomic E-state index is 0.0680. The zero-order chi connectivity index (χ0) is 14.1. The van der Waals surface area contributed by atoms with Crippen molar-refractivity contribution in [3.8, 4) is 0 Å². The van der Waals surface area contributed by atoms with Gasteiger partial charge in [0.2, 0.25) is 5.91 Å². The Morgan fingerprint density at radius 1 is 1.65 bits per heavy atom. The first kappa shape index (κ1) is 13.1. The lowest BCUT2D eigenvalue weighted by molar-refractivity contribution is -0.124. The lowest BCUT2D eigenvalue weighted by Gasteiger charge is -2.34. The highest BCUT2D eigenvalue weighted by Crippen LogP contribution is 2.28. The fourth-order valence-electron chi connectivity index (χ4n) is 3.01. The minimum Gasteiger partial charge on any atom is -0.359 e. The highest BCUT2D eigenvalue weighted by atomic mass is 16.5. The lowest BCUT2D eigenvalue weighted by Crippen LogP contribution is -2.44. The van der Waals surface area contributed by atoms with Crippen molar-refractivity contribution in [3.63, 3.8) is 0 Å². The van der Waals surface area contributed by atoms with Crippen molar-refractivity contribution < 1.29 is 14.1 Å². The summed E-state index contributed by atoms with van der Waals surface area (Å²) in [6.45, 7) is 2.13. The van der Waals surface area contributed by atoms with Gasteiger partial charge in [-0.1, -0.05) is 5.16 Å². The molecule has 4 N–H and O–H groups in total. The molecule has 8 heteroatoms. The van der Waals surface area contributed by atoms with Gasteiger partial charge in [0.25, 0.3) is 5.91 Å². The second kappa shape index (κ2) is 5.22. The lowest BCUT2D eigenvalue weighted by atomic mass is 9.91. The van der Waals surface area contributed by atoms with Crippen molar-refractivity contribution in [2.45, 2.75) is 25.4 Å². The van der Waals surface area contributed by atoms with Crippen molar-refractivity contribution in [1.82, 2.24) is 20.8 Å². The summed E-state index contributed by atoms with van der Waals surface area (Å²) in [4.78, 5) is 25.2. The number of nitrogen functional groups attached to an aromatic ring is 1. The molecule has 2 saturated heterocycles. The molecule has 108 valence electrons. The molecule has 1 aromatic heterocycles. The van der Waals surface area contributed by atoms with E-state index < -0.39 is 5.91 Å². The summed E-state index contributed by atoms with van der Waals surface area (Å²) in [7, 11) is 0. The maximum Gasteiger partial charge on any atom is 0.287 e. The smallest absolute Gasteiger partial charge is 0.287 e. The number of amides is 2. The average Bonchev–Trinajstić information content (AvgIpc) is 3.07. The van der Waals surface area contributed by atoms with E-state index in [1.807, 2.05) is 5.43 Å². The van der Waals surface area contributed by atoms with Crippen LogP contribution in [0.4, 0.5) is 0 Å². The molecule has 0 bridgehead atoms. The Balaban J connectivity index is 1.69. The molecule has 0 saturated carbocycles. The predicted molar refractivity (Wildman–Crippen MR) is 68.1 cm³/mol. The Morgan fingerprint density at radius 3 is 3.30 bits per heavy atom. The van der Waals surface area contributed by atoms with Gasteiger partial charge in [-0.25, -0.2) is 5.84 Å². The predicted octanol–water partition coefficient (Wildman–Crippen LogP) is -1.01. The van der Waals surface area contributed by atoms with Crippen molar-refractivity contribution in [1.29, 1.82) is 0 Å². The molecule has 2 atom stereocenters. The first-order chi connectivity index (χ1) is 9.69. The molecule has 1 aromatic rings. The molecule has 8 nitrogen and oxygen atoms in total. The van der Waals surface area contributed by atoms with E-state index in [9.17, 15) is 9.59 Å². The van der Waals surface area contributed by atoms with E-state index in [-0.39, 0.29) is 23.6 Å². The van der Waals surface area contributed by atoms with Gasteiger partial charge in [0.1, 0.15) is 0 Å². The normalized spacial score (nSPS) is 26.1. The zero-order valence-electron chi connectivity index (χ0n) is 11.0. The number of carbonyl (C=O) groups excluding carboxylic acids is 2. The molecule has 2 aliphatic rings. The van der Waals surface area contributed by atoms with Crippen LogP contribution in [-0.2, 0) is 11.3 Å².